The normalized spacial score (nSPS) is 17.7. The minimum atomic E-state index is -4.65. The number of nitrogens with zero attached hydrogens (tertiary/aromatic N) is 6. The second-order valence-corrected chi connectivity index (χ2v) is 22.5. The molecule has 23 heteroatoms. The van der Waals surface area contributed by atoms with Crippen molar-refractivity contribution in [3.63, 3.8) is 0 Å². The van der Waals surface area contributed by atoms with E-state index in [9.17, 15) is 36.9 Å². The molecule has 0 bridgehead atoms. The van der Waals surface area contributed by atoms with Crippen LogP contribution < -0.4 is 30.1 Å². The number of hydrogen-bond donors (Lipinski definition) is 2. The van der Waals surface area contributed by atoms with Gasteiger partial charge in [-0.1, -0.05) is 11.3 Å². The fraction of sp³-hybridized carbons (Fsp3) is 0.382. The molecule has 408 valence electrons. The molecule has 0 saturated carbocycles. The first kappa shape index (κ1) is 53.8. The highest BCUT2D eigenvalue weighted by molar-refractivity contribution is 7.86. The molecule has 0 aromatic heterocycles. The molecule has 0 radical (unpaired) electrons. The lowest BCUT2D eigenvalue weighted by molar-refractivity contribution is -0.198. The lowest BCUT2D eigenvalue weighted by Gasteiger charge is -2.47. The van der Waals surface area contributed by atoms with Crippen molar-refractivity contribution in [2.45, 2.75) is 97.1 Å². The lowest BCUT2D eigenvalue weighted by Crippen LogP contribution is -2.53. The van der Waals surface area contributed by atoms with Crippen LogP contribution >= 0.6 is 0 Å². The summed E-state index contributed by atoms with van der Waals surface area (Å²) in [7, 11) is -3.59. The Balaban J connectivity index is 1.01. The van der Waals surface area contributed by atoms with E-state index in [1.54, 1.807) is 12.1 Å². The molecule has 18 nitrogen and oxygen atoms in total. The smallest absolute Gasteiger partial charge is 0.335 e. The van der Waals surface area contributed by atoms with E-state index in [-0.39, 0.29) is 78.0 Å². The zero-order valence-electron chi connectivity index (χ0n) is 43.4. The third-order valence-corrected chi connectivity index (χ3v) is 15.5. The first-order valence-electron chi connectivity index (χ1n) is 25.3. The van der Waals surface area contributed by atoms with Gasteiger partial charge in [-0.25, -0.2) is 31.9 Å². The van der Waals surface area contributed by atoms with E-state index < -0.39 is 90.9 Å². The Morgan fingerprint density at radius 2 is 1.54 bits per heavy atom. The number of anilines is 2. The van der Waals surface area contributed by atoms with Crippen LogP contribution in [0.15, 0.2) is 58.9 Å². The maximum absolute atomic E-state index is 17.4. The molecule has 78 heavy (non-hydrogen) atoms. The maximum atomic E-state index is 17.4. The minimum absolute atomic E-state index is 0.0353. The predicted octanol–water partition coefficient (Wildman–Crippen LogP) is 7.16. The van der Waals surface area contributed by atoms with E-state index in [0.29, 0.717) is 76.6 Å². The summed E-state index contributed by atoms with van der Waals surface area (Å²) in [5.74, 6) is -12.7. The number of benzene rings is 4. The van der Waals surface area contributed by atoms with E-state index in [1.807, 2.05) is 20.8 Å². The molecule has 1 saturated heterocycles. The zero-order valence-corrected chi connectivity index (χ0v) is 44.3. The quantitative estimate of drug-likeness (QED) is 0.0130. The minimum Gasteiger partial charge on any atom is -0.455 e. The van der Waals surface area contributed by atoms with Crippen LogP contribution in [-0.4, -0.2) is 103 Å². The Morgan fingerprint density at radius 1 is 0.859 bits per heavy atom. The molecule has 10 rings (SSSR count). The Kier molecular flexibility index (Phi) is 13.8. The number of fused-ring (bicyclic) bond motifs is 4. The largest absolute Gasteiger partial charge is 0.455 e. The Hall–Kier alpha value is -7.63. The number of nitrogens with one attached hydrogen (secondary N) is 1. The molecular formula is C55H54F4N7O11S+. The topological polar surface area (TPSA) is 217 Å². The Bertz CT molecular complexity index is 3670. The number of allylic oxidation sites excluding steroid dienone is 1. The van der Waals surface area contributed by atoms with Gasteiger partial charge in [-0.15, -0.1) is 10.2 Å². The first-order chi connectivity index (χ1) is 36.8. The van der Waals surface area contributed by atoms with Gasteiger partial charge >= 0.3 is 5.97 Å². The summed E-state index contributed by atoms with van der Waals surface area (Å²) in [6.07, 6.45) is 5.41. The van der Waals surface area contributed by atoms with E-state index in [0.717, 1.165) is 23.9 Å². The van der Waals surface area contributed by atoms with Gasteiger partial charge in [0.15, 0.2) is 28.8 Å². The molecule has 4 aromatic rings. The van der Waals surface area contributed by atoms with Crippen LogP contribution in [0.1, 0.15) is 117 Å². The van der Waals surface area contributed by atoms with Crippen molar-refractivity contribution >= 4 is 73.5 Å². The molecule has 6 heterocycles. The molecule has 2 N–H and O–H groups in total. The number of amides is 4. The summed E-state index contributed by atoms with van der Waals surface area (Å²) >= 11 is 0. The number of hydrogen-bond acceptors (Lipinski definition) is 13. The molecule has 0 unspecified atom stereocenters. The molecule has 0 atom stereocenters. The van der Waals surface area contributed by atoms with Gasteiger partial charge in [0.2, 0.25) is 11.3 Å². The molecule has 4 aromatic carbocycles. The first-order valence-corrected chi connectivity index (χ1v) is 26.9. The van der Waals surface area contributed by atoms with E-state index in [1.165, 1.54) is 30.3 Å². The number of halogens is 4. The number of carbonyl (C=O) groups is 5. The number of imide groups is 1. The summed E-state index contributed by atoms with van der Waals surface area (Å²) in [5, 5.41) is 12.2. The lowest BCUT2D eigenvalue weighted by atomic mass is 9.78. The second-order valence-electron chi connectivity index (χ2n) is 21.1. The van der Waals surface area contributed by atoms with Gasteiger partial charge in [0.25, 0.3) is 27.8 Å². The van der Waals surface area contributed by atoms with Crippen molar-refractivity contribution < 1.29 is 68.8 Å². The maximum Gasteiger partial charge on any atom is 0.335 e. The number of ether oxygens (including phenoxy) is 2. The van der Waals surface area contributed by atoms with Crippen molar-refractivity contribution in [1.82, 2.24) is 14.6 Å². The summed E-state index contributed by atoms with van der Waals surface area (Å²) in [5.41, 5.74) is 1.19. The highest BCUT2D eigenvalue weighted by Crippen LogP contribution is 2.53. The van der Waals surface area contributed by atoms with Gasteiger partial charge < -0.3 is 24.5 Å². The predicted molar refractivity (Wildman–Crippen MR) is 275 cm³/mol. The van der Waals surface area contributed by atoms with Crippen LogP contribution in [0, 0.1) is 23.3 Å². The van der Waals surface area contributed by atoms with Gasteiger partial charge in [-0.2, -0.15) is 8.42 Å². The van der Waals surface area contributed by atoms with Crippen LogP contribution in [0.25, 0.3) is 16.7 Å². The van der Waals surface area contributed by atoms with E-state index in [4.69, 9.17) is 14.3 Å². The van der Waals surface area contributed by atoms with E-state index >= 15 is 17.6 Å². The molecule has 0 aliphatic carbocycles. The number of rotatable bonds is 14. The zero-order chi connectivity index (χ0) is 55.9. The number of carbonyl (C=O) groups excluding carboxylic acids is 5. The van der Waals surface area contributed by atoms with Gasteiger partial charge in [-0.05, 0) is 93.7 Å². The van der Waals surface area contributed by atoms with Crippen molar-refractivity contribution in [1.29, 1.82) is 0 Å². The summed E-state index contributed by atoms with van der Waals surface area (Å²) in [4.78, 5) is 69.7. The Morgan fingerprint density at radius 3 is 2.24 bits per heavy atom. The molecule has 0 spiro atoms. The SMILES string of the molecule is CC1=CC(C)(C)N2CCCc3c4c(cc1c32)C(c1c(F)c(F)c(F)c(F)c1C(=O)N(C)N=Nc1ccc(NC(=O)CCOCCC(=O)ON2C(=O)CCC2=O)cc1)=c1cc2c3c(c1O4)CCC[N+]=3C(C)(C)C=C2CS(=O)(=O)O. The third-order valence-electron chi connectivity index (χ3n) is 14.8. The van der Waals surface area contributed by atoms with Gasteiger partial charge in [0.05, 0.1) is 59.7 Å². The Labute approximate surface area is 445 Å². The van der Waals surface area contributed by atoms with Gasteiger partial charge in [-0.3, -0.25) is 23.7 Å². The highest BCUT2D eigenvalue weighted by Gasteiger charge is 2.45. The molecule has 1 fully saturated rings. The van der Waals surface area contributed by atoms with E-state index in [2.05, 4.69) is 45.1 Å². The van der Waals surface area contributed by atoms with Crippen molar-refractivity contribution in [2.24, 2.45) is 10.3 Å². The number of hydroxylamine groups is 2. The van der Waals surface area contributed by atoms with Crippen LogP contribution in [0.2, 0.25) is 0 Å². The van der Waals surface area contributed by atoms with Crippen molar-refractivity contribution in [2.75, 3.05) is 49.3 Å². The van der Waals surface area contributed by atoms with Crippen LogP contribution in [0.4, 0.5) is 34.6 Å². The van der Waals surface area contributed by atoms with Crippen LogP contribution in [0.5, 0.6) is 11.5 Å². The van der Waals surface area contributed by atoms with Gasteiger partial charge in [0.1, 0.15) is 23.8 Å². The molecule has 6 aliphatic heterocycles. The summed E-state index contributed by atoms with van der Waals surface area (Å²) in [6.45, 7) is 10.9. The van der Waals surface area contributed by atoms with Crippen molar-refractivity contribution in [3.8, 4) is 11.5 Å². The third kappa shape index (κ3) is 9.64. The second kappa shape index (κ2) is 20.0. The van der Waals surface area contributed by atoms with Crippen molar-refractivity contribution in [3.05, 3.63) is 121 Å². The van der Waals surface area contributed by atoms with Crippen LogP contribution in [-0.2, 0) is 51.7 Å². The summed E-state index contributed by atoms with van der Waals surface area (Å²) < 4.78 is 116. The highest BCUT2D eigenvalue weighted by atomic mass is 32.2. The summed E-state index contributed by atoms with van der Waals surface area (Å²) in [6, 6.07) is 8.97. The fourth-order valence-electron chi connectivity index (χ4n) is 11.4. The fourth-order valence-corrected chi connectivity index (χ4v) is 12.0. The average molecular weight is 1100 g/mol. The molecule has 4 amide bonds. The average Bonchev–Trinajstić information content (AvgIpc) is 3.83. The molecular weight excluding hydrogens is 1040 g/mol. The van der Waals surface area contributed by atoms with Crippen LogP contribution in [0.3, 0.4) is 0 Å². The molecule has 6 aliphatic rings. The monoisotopic (exact) mass is 1100 g/mol. The standard InChI is InChI=1S/C55H53F4N7O11S/c1-28-25-54(2,3)64-19-7-9-32-49(64)34(28)23-36-42(37-24-35-29(27-78(72,73)74)26-55(4,5)65-20-8-10-33(50(35)65)52(37)76-51(32)36)43-44(46(57)48(59)47(58)45(43)56)53(71)63(6)62-61-31-13-11-30(12-14-31)60-38(67)17-21-75-22-18-41(70)77-66-39(68)15-16-40(66)69/h11-14,23-26H,7-10,15-22,27H2,1-6H3,(H-,60,62,67,72,73,74)/p+1. The van der Waals surface area contributed by atoms with Gasteiger partial charge in [0, 0.05) is 85.4 Å².